The predicted octanol–water partition coefficient (Wildman–Crippen LogP) is 3.68. The van der Waals surface area contributed by atoms with E-state index in [4.69, 9.17) is 4.98 Å². The number of anilines is 3. The van der Waals surface area contributed by atoms with Gasteiger partial charge >= 0.3 is 0 Å². The highest BCUT2D eigenvalue weighted by Crippen LogP contribution is 2.26. The van der Waals surface area contributed by atoms with Gasteiger partial charge in [0.25, 0.3) is 0 Å². The number of aryl methyl sites for hydroxylation is 1. The van der Waals surface area contributed by atoms with E-state index in [-0.39, 0.29) is 12.6 Å². The van der Waals surface area contributed by atoms with Gasteiger partial charge in [0.1, 0.15) is 5.82 Å². The average Bonchev–Trinajstić information content (AvgIpc) is 3.17. The molecule has 6 nitrogen and oxygen atoms in total. The molecule has 2 aromatic heterocycles. The molecule has 2 N–H and O–H groups in total. The van der Waals surface area contributed by atoms with Crippen molar-refractivity contribution in [1.82, 2.24) is 15.0 Å². The highest BCUT2D eigenvalue weighted by molar-refractivity contribution is 5.82. The van der Waals surface area contributed by atoms with Crippen molar-refractivity contribution in [3.63, 3.8) is 0 Å². The zero-order valence-electron chi connectivity index (χ0n) is 15.6. The van der Waals surface area contributed by atoms with Crippen LogP contribution in [0.15, 0.2) is 42.6 Å². The van der Waals surface area contributed by atoms with Crippen LogP contribution in [0.5, 0.6) is 0 Å². The molecule has 1 fully saturated rings. The van der Waals surface area contributed by atoms with E-state index in [2.05, 4.69) is 39.2 Å². The summed E-state index contributed by atoms with van der Waals surface area (Å²) in [6.45, 7) is 3.23. The Morgan fingerprint density at radius 1 is 1.22 bits per heavy atom. The number of para-hydroxylation sites is 1. The largest absolute Gasteiger partial charge is 0.394 e. The maximum Gasteiger partial charge on any atom is 0.229 e. The Labute approximate surface area is 159 Å². The van der Waals surface area contributed by atoms with Crippen molar-refractivity contribution in [2.75, 3.05) is 23.4 Å². The van der Waals surface area contributed by atoms with Crippen LogP contribution in [0, 0.1) is 0 Å². The molecule has 0 amide bonds. The Morgan fingerprint density at radius 3 is 2.96 bits per heavy atom. The molecule has 4 rings (SSSR count). The maximum atomic E-state index is 9.67. The van der Waals surface area contributed by atoms with Gasteiger partial charge in [0, 0.05) is 23.7 Å². The van der Waals surface area contributed by atoms with Gasteiger partial charge in [-0.15, -0.1) is 0 Å². The van der Waals surface area contributed by atoms with Crippen molar-refractivity contribution in [1.29, 1.82) is 0 Å². The number of aliphatic hydroxyl groups excluding tert-OH is 1. The van der Waals surface area contributed by atoms with Crippen molar-refractivity contribution in [3.8, 4) is 0 Å². The summed E-state index contributed by atoms with van der Waals surface area (Å²) in [6.07, 6.45) is 5.82. The van der Waals surface area contributed by atoms with Gasteiger partial charge in [-0.05, 0) is 31.4 Å². The number of nitrogens with zero attached hydrogens (tertiary/aromatic N) is 4. The minimum atomic E-state index is 0.143. The summed E-state index contributed by atoms with van der Waals surface area (Å²) in [6, 6.07) is 12.3. The second-order valence-electron chi connectivity index (χ2n) is 7.00. The van der Waals surface area contributed by atoms with E-state index >= 15 is 0 Å². The number of rotatable bonds is 6. The number of aromatic nitrogens is 3. The van der Waals surface area contributed by atoms with E-state index in [9.17, 15) is 5.11 Å². The Kier molecular flexibility index (Phi) is 5.16. The summed E-state index contributed by atoms with van der Waals surface area (Å²) < 4.78 is 0. The van der Waals surface area contributed by atoms with E-state index in [1.807, 2.05) is 30.5 Å². The molecule has 1 unspecified atom stereocenters. The Morgan fingerprint density at radius 2 is 2.11 bits per heavy atom. The molecule has 1 aliphatic heterocycles. The molecule has 1 aliphatic rings. The Bertz CT molecular complexity index is 929. The summed E-state index contributed by atoms with van der Waals surface area (Å²) in [5.74, 6) is 1.47. The van der Waals surface area contributed by atoms with Crippen LogP contribution in [0.4, 0.5) is 17.5 Å². The quantitative estimate of drug-likeness (QED) is 0.696. The molecule has 1 aromatic carbocycles. The first-order valence-electron chi connectivity index (χ1n) is 9.64. The van der Waals surface area contributed by atoms with Crippen LogP contribution in [0.2, 0.25) is 0 Å². The van der Waals surface area contributed by atoms with Crippen molar-refractivity contribution in [2.45, 2.75) is 38.6 Å². The molecule has 1 saturated heterocycles. The van der Waals surface area contributed by atoms with Crippen molar-refractivity contribution in [3.05, 3.63) is 48.3 Å². The second-order valence-corrected chi connectivity index (χ2v) is 7.00. The molecule has 0 aliphatic carbocycles. The van der Waals surface area contributed by atoms with Crippen LogP contribution in [0.3, 0.4) is 0 Å². The lowest BCUT2D eigenvalue weighted by Crippen LogP contribution is -2.33. The second kappa shape index (κ2) is 7.88. The molecular formula is C21H25N5O. The highest BCUT2D eigenvalue weighted by Gasteiger charge is 2.25. The van der Waals surface area contributed by atoms with E-state index in [1.165, 1.54) is 0 Å². The minimum absolute atomic E-state index is 0.143. The third-order valence-corrected chi connectivity index (χ3v) is 5.00. The van der Waals surface area contributed by atoms with E-state index in [0.29, 0.717) is 5.95 Å². The first-order chi connectivity index (χ1) is 13.3. The molecule has 0 radical (unpaired) electrons. The first-order valence-corrected chi connectivity index (χ1v) is 9.64. The molecule has 6 heteroatoms. The normalized spacial score (nSPS) is 16.8. The fourth-order valence-corrected chi connectivity index (χ4v) is 3.67. The van der Waals surface area contributed by atoms with Gasteiger partial charge in [-0.25, -0.2) is 4.98 Å². The van der Waals surface area contributed by atoms with Crippen LogP contribution < -0.4 is 10.2 Å². The molecule has 0 bridgehead atoms. The van der Waals surface area contributed by atoms with Crippen LogP contribution in [-0.4, -0.2) is 39.3 Å². The number of fused-ring (bicyclic) bond motifs is 1. The molecule has 27 heavy (non-hydrogen) atoms. The van der Waals surface area contributed by atoms with Gasteiger partial charge in [0.15, 0.2) is 0 Å². The molecule has 1 atom stereocenters. The van der Waals surface area contributed by atoms with Crippen molar-refractivity contribution < 1.29 is 5.11 Å². The molecule has 140 valence electrons. The summed E-state index contributed by atoms with van der Waals surface area (Å²) in [4.78, 5) is 16.1. The smallest absolute Gasteiger partial charge is 0.229 e. The standard InChI is InChI=1S/C21H25N5O/c1-2-6-16-12-20(26-10-5-8-18(26)14-27)25-21(23-16)24-17-11-15-7-3-4-9-19(15)22-13-17/h3-4,7,9,11-13,18,27H,2,5-6,8,10,14H2,1H3,(H,23,24,25). The zero-order chi connectivity index (χ0) is 18.6. The van der Waals surface area contributed by atoms with Crippen LogP contribution in [0.1, 0.15) is 31.9 Å². The van der Waals surface area contributed by atoms with E-state index < -0.39 is 0 Å². The lowest BCUT2D eigenvalue weighted by Gasteiger charge is -2.25. The zero-order valence-corrected chi connectivity index (χ0v) is 15.6. The summed E-state index contributed by atoms with van der Waals surface area (Å²) in [7, 11) is 0. The van der Waals surface area contributed by atoms with Crippen molar-refractivity contribution in [2.24, 2.45) is 0 Å². The van der Waals surface area contributed by atoms with Gasteiger partial charge in [-0.1, -0.05) is 31.5 Å². The number of hydrogen-bond acceptors (Lipinski definition) is 6. The average molecular weight is 363 g/mol. The number of hydrogen-bond donors (Lipinski definition) is 2. The number of nitrogens with one attached hydrogen (secondary N) is 1. The minimum Gasteiger partial charge on any atom is -0.394 e. The molecule has 3 heterocycles. The van der Waals surface area contributed by atoms with Crippen LogP contribution in [-0.2, 0) is 6.42 Å². The number of aliphatic hydroxyl groups is 1. The Balaban J connectivity index is 1.66. The summed E-state index contributed by atoms with van der Waals surface area (Å²) in [5, 5.41) is 14.1. The SMILES string of the molecule is CCCc1cc(N2CCCC2CO)nc(Nc2cnc3ccccc3c2)n1. The predicted molar refractivity (Wildman–Crippen MR) is 109 cm³/mol. The molecule has 0 saturated carbocycles. The lowest BCUT2D eigenvalue weighted by molar-refractivity contribution is 0.266. The Hall–Kier alpha value is -2.73. The van der Waals surface area contributed by atoms with E-state index in [1.54, 1.807) is 0 Å². The number of pyridine rings is 1. The van der Waals surface area contributed by atoms with Gasteiger partial charge in [0.2, 0.25) is 5.95 Å². The van der Waals surface area contributed by atoms with Gasteiger partial charge < -0.3 is 15.3 Å². The van der Waals surface area contributed by atoms with Crippen molar-refractivity contribution >= 4 is 28.4 Å². The maximum absolute atomic E-state index is 9.67. The summed E-state index contributed by atoms with van der Waals surface area (Å²) in [5.41, 5.74) is 2.85. The van der Waals surface area contributed by atoms with Gasteiger partial charge in [-0.3, -0.25) is 4.98 Å². The lowest BCUT2D eigenvalue weighted by atomic mass is 10.2. The van der Waals surface area contributed by atoms with Crippen LogP contribution in [0.25, 0.3) is 10.9 Å². The van der Waals surface area contributed by atoms with Gasteiger partial charge in [0.05, 0.1) is 30.0 Å². The topological polar surface area (TPSA) is 74.2 Å². The monoisotopic (exact) mass is 363 g/mol. The summed E-state index contributed by atoms with van der Waals surface area (Å²) >= 11 is 0. The molecule has 3 aromatic rings. The fraction of sp³-hybridized carbons (Fsp3) is 0.381. The third-order valence-electron chi connectivity index (χ3n) is 5.00. The van der Waals surface area contributed by atoms with E-state index in [0.717, 1.165) is 60.3 Å². The highest BCUT2D eigenvalue weighted by atomic mass is 16.3. The fourth-order valence-electron chi connectivity index (χ4n) is 3.67. The first kappa shape index (κ1) is 17.7. The number of benzene rings is 1. The molecular weight excluding hydrogens is 338 g/mol. The third kappa shape index (κ3) is 3.85. The van der Waals surface area contributed by atoms with Crippen LogP contribution >= 0.6 is 0 Å². The van der Waals surface area contributed by atoms with Gasteiger partial charge in [-0.2, -0.15) is 4.98 Å². The molecule has 0 spiro atoms.